The number of nitrogens with zero attached hydrogens (tertiary/aromatic N) is 2. The van der Waals surface area contributed by atoms with Gasteiger partial charge in [0.15, 0.2) is 0 Å². The number of rotatable bonds is 2. The highest BCUT2D eigenvalue weighted by Gasteiger charge is 2.40. The van der Waals surface area contributed by atoms with Crippen molar-refractivity contribution in [3.05, 3.63) is 53.3 Å². The van der Waals surface area contributed by atoms with E-state index in [0.29, 0.717) is 22.5 Å². The number of hydrogen-bond acceptors (Lipinski definition) is 4. The molecular weight excluding hydrogens is 304 g/mol. The Hall–Kier alpha value is -3.17. The number of nitrogens with one attached hydrogen (secondary N) is 2. The molecule has 24 heavy (non-hydrogen) atoms. The van der Waals surface area contributed by atoms with Gasteiger partial charge in [-0.05, 0) is 25.1 Å². The molecule has 1 amide bonds. The summed E-state index contributed by atoms with van der Waals surface area (Å²) in [5.41, 5.74) is 3.00. The number of para-hydroxylation sites is 1. The molecule has 1 atom stereocenters. The number of aromatic nitrogens is 2. The van der Waals surface area contributed by atoms with Gasteiger partial charge in [0.1, 0.15) is 11.6 Å². The van der Waals surface area contributed by atoms with Crippen molar-refractivity contribution in [2.24, 2.45) is 0 Å². The van der Waals surface area contributed by atoms with Gasteiger partial charge >= 0.3 is 0 Å². The summed E-state index contributed by atoms with van der Waals surface area (Å²) in [6.07, 6.45) is 1.81. The number of amides is 1. The lowest BCUT2D eigenvalue weighted by molar-refractivity contribution is 0.0895. The number of aliphatic hydroxyl groups is 1. The van der Waals surface area contributed by atoms with Crippen molar-refractivity contribution >= 4 is 16.8 Å². The van der Waals surface area contributed by atoms with Crippen LogP contribution >= 0.6 is 0 Å². The molecule has 1 aromatic carbocycles. The average Bonchev–Trinajstić information content (AvgIpc) is 3.14. The Bertz CT molecular complexity index is 1030. The van der Waals surface area contributed by atoms with Gasteiger partial charge in [0.2, 0.25) is 0 Å². The molecule has 0 saturated carbocycles. The van der Waals surface area contributed by atoms with Crippen LogP contribution in [0.3, 0.4) is 0 Å². The number of benzene rings is 1. The minimum Gasteiger partial charge on any atom is -0.394 e. The largest absolute Gasteiger partial charge is 0.394 e. The molecule has 3 heterocycles. The molecule has 1 aliphatic rings. The molecule has 6 nitrogen and oxygen atoms in total. The summed E-state index contributed by atoms with van der Waals surface area (Å²) in [5, 5.41) is 22.5. The van der Waals surface area contributed by atoms with Crippen molar-refractivity contribution in [3.8, 4) is 17.3 Å². The fourth-order valence-corrected chi connectivity index (χ4v) is 3.16. The summed E-state index contributed by atoms with van der Waals surface area (Å²) >= 11 is 0. The predicted molar refractivity (Wildman–Crippen MR) is 88.1 cm³/mol. The first-order valence-corrected chi connectivity index (χ1v) is 7.53. The number of pyridine rings is 1. The molecule has 3 N–H and O–H groups in total. The van der Waals surface area contributed by atoms with Crippen molar-refractivity contribution in [2.45, 2.75) is 12.5 Å². The molecule has 2 aromatic heterocycles. The van der Waals surface area contributed by atoms with Crippen molar-refractivity contribution in [1.82, 2.24) is 15.3 Å². The van der Waals surface area contributed by atoms with E-state index in [9.17, 15) is 15.2 Å². The zero-order valence-electron chi connectivity index (χ0n) is 12.9. The van der Waals surface area contributed by atoms with Gasteiger partial charge in [-0.2, -0.15) is 5.26 Å². The topological polar surface area (TPSA) is 102 Å². The van der Waals surface area contributed by atoms with E-state index in [1.54, 1.807) is 31.3 Å². The second kappa shape index (κ2) is 4.91. The van der Waals surface area contributed by atoms with Crippen LogP contribution in [0.5, 0.6) is 0 Å². The number of nitriles is 1. The second-order valence-corrected chi connectivity index (χ2v) is 6.08. The van der Waals surface area contributed by atoms with Crippen LogP contribution in [0, 0.1) is 11.3 Å². The molecule has 0 saturated heterocycles. The molecule has 0 radical (unpaired) electrons. The van der Waals surface area contributed by atoms with Gasteiger partial charge in [0.05, 0.1) is 34.6 Å². The summed E-state index contributed by atoms with van der Waals surface area (Å²) < 4.78 is 0. The van der Waals surface area contributed by atoms with Crippen LogP contribution in [0.2, 0.25) is 0 Å². The number of carbonyl (C=O) groups excluding carboxylic acids is 1. The van der Waals surface area contributed by atoms with E-state index in [-0.39, 0.29) is 12.5 Å². The average molecular weight is 318 g/mol. The molecule has 0 bridgehead atoms. The molecule has 1 aliphatic heterocycles. The summed E-state index contributed by atoms with van der Waals surface area (Å²) in [6.45, 7) is 1.52. The van der Waals surface area contributed by atoms with E-state index in [0.717, 1.165) is 16.5 Å². The quantitative estimate of drug-likeness (QED) is 0.673. The zero-order chi connectivity index (χ0) is 16.9. The molecule has 1 unspecified atom stereocenters. The number of hydrogen-bond donors (Lipinski definition) is 3. The number of H-pyrrole nitrogens is 1. The van der Waals surface area contributed by atoms with Gasteiger partial charge in [0.25, 0.3) is 5.91 Å². The monoisotopic (exact) mass is 318 g/mol. The van der Waals surface area contributed by atoms with Crippen molar-refractivity contribution in [3.63, 3.8) is 0 Å². The van der Waals surface area contributed by atoms with Crippen molar-refractivity contribution in [1.29, 1.82) is 5.26 Å². The third-order valence-corrected chi connectivity index (χ3v) is 4.48. The molecule has 0 fully saturated rings. The van der Waals surface area contributed by atoms with Crippen LogP contribution in [0.25, 0.3) is 22.2 Å². The molecule has 4 rings (SSSR count). The van der Waals surface area contributed by atoms with Crippen molar-refractivity contribution < 1.29 is 9.90 Å². The van der Waals surface area contributed by atoms with E-state index >= 15 is 0 Å². The highest BCUT2D eigenvalue weighted by atomic mass is 16.3. The molecule has 6 heteroatoms. The molecule has 3 aromatic rings. The van der Waals surface area contributed by atoms with E-state index in [1.807, 2.05) is 12.1 Å². The first kappa shape index (κ1) is 14.4. The predicted octanol–water partition coefficient (Wildman–Crippen LogP) is 2.05. The minimum absolute atomic E-state index is 0.228. The van der Waals surface area contributed by atoms with Crippen LogP contribution in [-0.4, -0.2) is 27.6 Å². The van der Waals surface area contributed by atoms with Crippen LogP contribution in [-0.2, 0) is 5.54 Å². The standard InChI is InChI=1S/C18H14N4O2/c1-18(9-23)16-12(17(24)22-18)5-6-14(21-16)13-8-20-15-10(7-19)3-2-4-11(13)15/h2-6,8,20,23H,9H2,1H3,(H,22,24). The Balaban J connectivity index is 1.93. The van der Waals surface area contributed by atoms with Crippen LogP contribution in [0.1, 0.15) is 28.5 Å². The Kier molecular flexibility index (Phi) is 2.95. The molecule has 0 aliphatic carbocycles. The number of aliphatic hydroxyl groups excluding tert-OH is 1. The lowest BCUT2D eigenvalue weighted by Crippen LogP contribution is -2.40. The van der Waals surface area contributed by atoms with E-state index in [2.05, 4.69) is 21.4 Å². The normalized spacial score (nSPS) is 19.1. The SMILES string of the molecule is CC1(CO)NC(=O)c2ccc(-c3c[nH]c4c(C#N)cccc34)nc21. The Morgan fingerprint density at radius 3 is 2.88 bits per heavy atom. The van der Waals surface area contributed by atoms with Gasteiger partial charge in [0, 0.05) is 17.1 Å². The van der Waals surface area contributed by atoms with Crippen LogP contribution in [0.15, 0.2) is 36.5 Å². The third-order valence-electron chi connectivity index (χ3n) is 4.48. The zero-order valence-corrected chi connectivity index (χ0v) is 12.9. The Morgan fingerprint density at radius 1 is 1.29 bits per heavy atom. The number of carbonyl (C=O) groups is 1. The van der Waals surface area contributed by atoms with Gasteiger partial charge in [-0.3, -0.25) is 4.79 Å². The Labute approximate surface area is 137 Å². The van der Waals surface area contributed by atoms with Crippen LogP contribution < -0.4 is 5.32 Å². The molecular formula is C18H14N4O2. The summed E-state index contributed by atoms with van der Waals surface area (Å²) in [7, 11) is 0. The van der Waals surface area contributed by atoms with Crippen LogP contribution in [0.4, 0.5) is 0 Å². The van der Waals surface area contributed by atoms with E-state index in [1.165, 1.54) is 0 Å². The van der Waals surface area contributed by atoms with Gasteiger partial charge in [-0.15, -0.1) is 0 Å². The molecule has 0 spiro atoms. The summed E-state index contributed by atoms with van der Waals surface area (Å²) in [6, 6.07) is 11.2. The lowest BCUT2D eigenvalue weighted by Gasteiger charge is -2.21. The van der Waals surface area contributed by atoms with Crippen molar-refractivity contribution in [2.75, 3.05) is 6.61 Å². The maximum absolute atomic E-state index is 12.0. The first-order chi connectivity index (χ1) is 11.6. The van der Waals surface area contributed by atoms with Gasteiger partial charge in [-0.25, -0.2) is 4.98 Å². The van der Waals surface area contributed by atoms with Gasteiger partial charge in [-0.1, -0.05) is 12.1 Å². The maximum atomic E-state index is 12.0. The highest BCUT2D eigenvalue weighted by molar-refractivity contribution is 6.01. The maximum Gasteiger partial charge on any atom is 0.254 e. The summed E-state index contributed by atoms with van der Waals surface area (Å²) in [5.74, 6) is -0.230. The minimum atomic E-state index is -0.883. The fourth-order valence-electron chi connectivity index (χ4n) is 3.16. The lowest BCUT2D eigenvalue weighted by atomic mass is 9.98. The summed E-state index contributed by atoms with van der Waals surface area (Å²) in [4.78, 5) is 19.8. The number of aromatic amines is 1. The first-order valence-electron chi connectivity index (χ1n) is 7.53. The van der Waals surface area contributed by atoms with E-state index in [4.69, 9.17) is 0 Å². The number of fused-ring (bicyclic) bond motifs is 2. The smallest absolute Gasteiger partial charge is 0.254 e. The third kappa shape index (κ3) is 1.85. The van der Waals surface area contributed by atoms with Gasteiger partial charge < -0.3 is 15.4 Å². The second-order valence-electron chi connectivity index (χ2n) is 6.08. The van der Waals surface area contributed by atoms with E-state index < -0.39 is 5.54 Å². The Morgan fingerprint density at radius 2 is 2.12 bits per heavy atom. The molecule has 118 valence electrons. The fraction of sp³-hybridized carbons (Fsp3) is 0.167. The highest BCUT2D eigenvalue weighted by Crippen LogP contribution is 2.34.